The van der Waals surface area contributed by atoms with Crippen LogP contribution >= 0.6 is 23.4 Å². The molecule has 1 aliphatic rings. The van der Waals surface area contributed by atoms with E-state index in [2.05, 4.69) is 15.4 Å². The van der Waals surface area contributed by atoms with Crippen LogP contribution in [0.1, 0.15) is 16.4 Å². The number of aryl methyl sites for hydroxylation is 1. The maximum Gasteiger partial charge on any atom is 0.235 e. The van der Waals surface area contributed by atoms with Crippen molar-refractivity contribution in [2.24, 2.45) is 7.05 Å². The monoisotopic (exact) mass is 413 g/mol. The van der Waals surface area contributed by atoms with Crippen molar-refractivity contribution in [3.63, 3.8) is 0 Å². The number of carbonyl (C=O) groups excluding carboxylic acids is 1. The summed E-state index contributed by atoms with van der Waals surface area (Å²) in [6.07, 6.45) is 1.74. The summed E-state index contributed by atoms with van der Waals surface area (Å²) < 4.78 is 1.71. The topological polar surface area (TPSA) is 63.1 Å². The van der Waals surface area contributed by atoms with Gasteiger partial charge in [0.15, 0.2) is 0 Å². The standard InChI is InChI=1S/C20H20ClN5OS/c1-25(2)12-7-8-13(14(21)10-12)19-17-18(15-6-4-5-9-22-15)24-26(3)20(17)23-16(27)11-28-19/h4-10,19H,11H2,1-3H3,(H,23,27). The Labute approximate surface area is 172 Å². The Morgan fingerprint density at radius 2 is 2.11 bits per heavy atom. The molecule has 6 nitrogen and oxygen atoms in total. The number of anilines is 2. The van der Waals surface area contributed by atoms with Crippen molar-refractivity contribution in [1.29, 1.82) is 0 Å². The Hall–Kier alpha value is -2.51. The number of carbonyl (C=O) groups is 1. The van der Waals surface area contributed by atoms with Gasteiger partial charge in [-0.05, 0) is 29.8 Å². The van der Waals surface area contributed by atoms with E-state index in [9.17, 15) is 4.79 Å². The van der Waals surface area contributed by atoms with Crippen molar-refractivity contribution in [3.05, 3.63) is 58.7 Å². The van der Waals surface area contributed by atoms with Gasteiger partial charge in [-0.15, -0.1) is 11.8 Å². The maximum absolute atomic E-state index is 12.3. The summed E-state index contributed by atoms with van der Waals surface area (Å²) in [7, 11) is 5.79. The lowest BCUT2D eigenvalue weighted by Crippen LogP contribution is -2.15. The van der Waals surface area contributed by atoms with Gasteiger partial charge in [-0.1, -0.05) is 23.7 Å². The van der Waals surface area contributed by atoms with E-state index in [1.807, 2.05) is 62.4 Å². The van der Waals surface area contributed by atoms with Crippen LogP contribution in [0.15, 0.2) is 42.6 Å². The molecule has 0 radical (unpaired) electrons. The third-order valence-electron chi connectivity index (χ3n) is 4.68. The van der Waals surface area contributed by atoms with Crippen molar-refractivity contribution in [2.75, 3.05) is 30.1 Å². The summed E-state index contributed by atoms with van der Waals surface area (Å²) in [6.45, 7) is 0. The predicted octanol–water partition coefficient (Wildman–Crippen LogP) is 3.98. The van der Waals surface area contributed by atoms with Gasteiger partial charge >= 0.3 is 0 Å². The quantitative estimate of drug-likeness (QED) is 0.703. The zero-order valence-corrected chi connectivity index (χ0v) is 17.4. The summed E-state index contributed by atoms with van der Waals surface area (Å²) in [5.41, 5.74) is 4.43. The Morgan fingerprint density at radius 3 is 2.79 bits per heavy atom. The molecular formula is C20H20ClN5OS. The van der Waals surface area contributed by atoms with E-state index in [4.69, 9.17) is 11.6 Å². The average molecular weight is 414 g/mol. The molecule has 4 rings (SSSR count). The Kier molecular flexibility index (Phi) is 5.03. The smallest absolute Gasteiger partial charge is 0.235 e. The van der Waals surface area contributed by atoms with E-state index >= 15 is 0 Å². The molecule has 1 aliphatic heterocycles. The first kappa shape index (κ1) is 18.8. The summed E-state index contributed by atoms with van der Waals surface area (Å²) in [5, 5.41) is 8.19. The molecule has 144 valence electrons. The molecule has 1 N–H and O–H groups in total. The molecule has 0 fully saturated rings. The summed E-state index contributed by atoms with van der Waals surface area (Å²) in [5.74, 6) is 0.978. The van der Waals surface area contributed by atoms with Crippen molar-refractivity contribution in [1.82, 2.24) is 14.8 Å². The van der Waals surface area contributed by atoms with Gasteiger partial charge in [0, 0.05) is 43.6 Å². The lowest BCUT2D eigenvalue weighted by molar-refractivity contribution is -0.113. The fourth-order valence-corrected chi connectivity index (χ4v) is 4.81. The van der Waals surface area contributed by atoms with Gasteiger partial charge in [0.25, 0.3) is 0 Å². The second-order valence-electron chi connectivity index (χ2n) is 6.79. The van der Waals surface area contributed by atoms with E-state index in [0.29, 0.717) is 16.6 Å². The fourth-order valence-electron chi connectivity index (χ4n) is 3.29. The van der Waals surface area contributed by atoms with Crippen LogP contribution < -0.4 is 10.2 Å². The number of amides is 1. The Morgan fingerprint density at radius 1 is 1.29 bits per heavy atom. The second-order valence-corrected chi connectivity index (χ2v) is 8.29. The van der Waals surface area contributed by atoms with Gasteiger partial charge in [0.05, 0.1) is 16.7 Å². The van der Waals surface area contributed by atoms with Crippen LogP contribution in [0.25, 0.3) is 11.4 Å². The van der Waals surface area contributed by atoms with Gasteiger partial charge in [-0.25, -0.2) is 0 Å². The van der Waals surface area contributed by atoms with Gasteiger partial charge in [0.1, 0.15) is 11.5 Å². The number of thioether (sulfide) groups is 1. The highest BCUT2D eigenvalue weighted by molar-refractivity contribution is 8.00. The second kappa shape index (κ2) is 7.48. The summed E-state index contributed by atoms with van der Waals surface area (Å²) >= 11 is 8.23. The zero-order chi connectivity index (χ0) is 19.8. The van der Waals surface area contributed by atoms with Gasteiger partial charge in [-0.2, -0.15) is 5.10 Å². The fraction of sp³-hybridized carbons (Fsp3) is 0.250. The number of halogens is 1. The first-order valence-electron chi connectivity index (χ1n) is 8.82. The number of nitrogens with one attached hydrogen (secondary N) is 1. The van der Waals surface area contributed by atoms with E-state index in [-0.39, 0.29) is 11.2 Å². The minimum absolute atomic E-state index is 0.0506. The third-order valence-corrected chi connectivity index (χ3v) is 6.25. The van der Waals surface area contributed by atoms with Crippen LogP contribution in [0.4, 0.5) is 11.5 Å². The SMILES string of the molecule is CN(C)c1ccc(C2SCC(=O)Nc3c2c(-c2ccccn2)nn3C)c(Cl)c1. The molecular weight excluding hydrogens is 394 g/mol. The number of hydrogen-bond acceptors (Lipinski definition) is 5. The van der Waals surface area contributed by atoms with E-state index < -0.39 is 0 Å². The van der Waals surface area contributed by atoms with E-state index in [1.165, 1.54) is 0 Å². The predicted molar refractivity (Wildman–Crippen MR) is 115 cm³/mol. The normalized spacial score (nSPS) is 16.3. The number of rotatable bonds is 3. The van der Waals surface area contributed by atoms with Crippen LogP contribution in [-0.2, 0) is 11.8 Å². The molecule has 2 aromatic heterocycles. The molecule has 0 bridgehead atoms. The van der Waals surface area contributed by atoms with Crippen molar-refractivity contribution >= 4 is 40.8 Å². The van der Waals surface area contributed by atoms with Crippen LogP contribution in [0, 0.1) is 0 Å². The molecule has 28 heavy (non-hydrogen) atoms. The molecule has 3 aromatic rings. The number of hydrogen-bond donors (Lipinski definition) is 1. The number of fused-ring (bicyclic) bond motifs is 1. The lowest BCUT2D eigenvalue weighted by atomic mass is 10.0. The molecule has 8 heteroatoms. The highest BCUT2D eigenvalue weighted by atomic mass is 35.5. The molecule has 0 spiro atoms. The number of nitrogens with zero attached hydrogens (tertiary/aromatic N) is 4. The minimum atomic E-state index is -0.136. The molecule has 0 aliphatic carbocycles. The number of pyridine rings is 1. The van der Waals surface area contributed by atoms with Crippen molar-refractivity contribution < 1.29 is 4.79 Å². The Balaban J connectivity index is 1.91. The highest BCUT2D eigenvalue weighted by Crippen LogP contribution is 2.47. The molecule has 1 amide bonds. The van der Waals surface area contributed by atoms with Gasteiger partial charge < -0.3 is 10.2 Å². The molecule has 3 heterocycles. The average Bonchev–Trinajstić information content (AvgIpc) is 2.89. The van der Waals surface area contributed by atoms with Crippen molar-refractivity contribution in [2.45, 2.75) is 5.25 Å². The molecule has 1 unspecified atom stereocenters. The minimum Gasteiger partial charge on any atom is -0.378 e. The molecule has 0 saturated carbocycles. The van der Waals surface area contributed by atoms with Crippen LogP contribution in [0.3, 0.4) is 0 Å². The van der Waals surface area contributed by atoms with Crippen LogP contribution in [0.2, 0.25) is 5.02 Å². The largest absolute Gasteiger partial charge is 0.378 e. The zero-order valence-electron chi connectivity index (χ0n) is 15.8. The van der Waals surface area contributed by atoms with Crippen molar-refractivity contribution in [3.8, 4) is 11.4 Å². The summed E-state index contributed by atoms with van der Waals surface area (Å²) in [6, 6.07) is 11.8. The van der Waals surface area contributed by atoms with E-state index in [1.54, 1.807) is 22.6 Å². The number of benzene rings is 1. The first-order valence-corrected chi connectivity index (χ1v) is 10.2. The maximum atomic E-state index is 12.3. The molecule has 1 aromatic carbocycles. The van der Waals surface area contributed by atoms with Gasteiger partial charge in [-0.3, -0.25) is 14.5 Å². The molecule has 0 saturated heterocycles. The highest BCUT2D eigenvalue weighted by Gasteiger charge is 2.32. The lowest BCUT2D eigenvalue weighted by Gasteiger charge is -2.20. The van der Waals surface area contributed by atoms with E-state index in [0.717, 1.165) is 28.2 Å². The number of aromatic nitrogens is 3. The van der Waals surface area contributed by atoms with Crippen LogP contribution in [0.5, 0.6) is 0 Å². The van der Waals surface area contributed by atoms with Gasteiger partial charge in [0.2, 0.25) is 5.91 Å². The van der Waals surface area contributed by atoms with Crippen LogP contribution in [-0.4, -0.2) is 40.5 Å². The Bertz CT molecular complexity index is 1030. The third kappa shape index (κ3) is 3.36. The molecule has 1 atom stereocenters. The first-order chi connectivity index (χ1) is 13.5. The summed E-state index contributed by atoms with van der Waals surface area (Å²) in [4.78, 5) is 18.8.